The summed E-state index contributed by atoms with van der Waals surface area (Å²) in [4.78, 5) is 35.0. The highest BCUT2D eigenvalue weighted by molar-refractivity contribution is 7.55. The number of aromatic nitrogens is 1. The number of rotatable bonds is 11. The molecule has 3 N–H and O–H groups in total. The molecule has 0 aliphatic heterocycles. The number of hydrogen-bond donors (Lipinski definition) is 3. The summed E-state index contributed by atoms with van der Waals surface area (Å²) in [5, 5.41) is 2.75. The zero-order valence-electron chi connectivity index (χ0n) is 19.3. The molecular formula is C25H24F3N2O6P. The Kier molecular flexibility index (Phi) is 9.46. The van der Waals surface area contributed by atoms with Crippen LogP contribution in [0.3, 0.4) is 0 Å². The van der Waals surface area contributed by atoms with Crippen LogP contribution in [0, 0.1) is 0 Å². The second kappa shape index (κ2) is 12.5. The fraction of sp³-hybridized carbons (Fsp3) is 0.200. The number of ether oxygens (including phenoxy) is 2. The summed E-state index contributed by atoms with van der Waals surface area (Å²) < 4.78 is 58.6. The number of nitrogens with zero attached hydrogens (tertiary/aromatic N) is 1. The molecule has 1 amide bonds. The second-order valence-corrected chi connectivity index (χ2v) is 9.38. The molecule has 0 aliphatic carbocycles. The zero-order valence-corrected chi connectivity index (χ0v) is 20.2. The summed E-state index contributed by atoms with van der Waals surface area (Å²) in [5.74, 6) is 0.839. The van der Waals surface area contributed by atoms with Crippen molar-refractivity contribution in [3.8, 4) is 11.5 Å². The summed E-state index contributed by atoms with van der Waals surface area (Å²) in [7, 11) is -4.42. The molecule has 0 bridgehead atoms. The third-order valence-corrected chi connectivity index (χ3v) is 5.38. The molecule has 0 radical (unpaired) electrons. The summed E-state index contributed by atoms with van der Waals surface area (Å²) in [6, 6.07) is 17.1. The maximum atomic E-state index is 12.5. The molecule has 0 saturated carbocycles. The van der Waals surface area contributed by atoms with Gasteiger partial charge >= 0.3 is 13.8 Å². The van der Waals surface area contributed by atoms with Gasteiger partial charge in [-0.15, -0.1) is 0 Å². The van der Waals surface area contributed by atoms with Gasteiger partial charge in [-0.3, -0.25) is 14.3 Å². The highest BCUT2D eigenvalue weighted by Gasteiger charge is 2.28. The molecule has 1 aromatic heterocycles. The predicted octanol–water partition coefficient (Wildman–Crippen LogP) is 4.63. The molecule has 8 nitrogen and oxygen atoms in total. The Labute approximate surface area is 210 Å². The minimum atomic E-state index is -4.45. The Hall–Kier alpha value is -3.66. The summed E-state index contributed by atoms with van der Waals surface area (Å²) >= 11 is 0. The first kappa shape index (κ1) is 27.9. The predicted molar refractivity (Wildman–Crippen MR) is 129 cm³/mol. The number of nitrogens with one attached hydrogen (secondary N) is 1. The first-order valence-corrected chi connectivity index (χ1v) is 12.6. The lowest BCUT2D eigenvalue weighted by Crippen LogP contribution is -2.35. The van der Waals surface area contributed by atoms with E-state index in [-0.39, 0.29) is 18.8 Å². The molecule has 3 rings (SSSR count). The average molecular weight is 536 g/mol. The number of hydrogen-bond acceptors (Lipinski definition) is 5. The number of carbonyl (C=O) groups is 1. The van der Waals surface area contributed by atoms with E-state index in [0.717, 1.165) is 11.4 Å². The number of alkyl halides is 3. The minimum Gasteiger partial charge on any atom is -0.487 e. The highest BCUT2D eigenvalue weighted by Crippen LogP contribution is 2.36. The third-order valence-electron chi connectivity index (χ3n) is 4.82. The number of halogens is 3. The van der Waals surface area contributed by atoms with Crippen molar-refractivity contribution in [1.29, 1.82) is 0 Å². The lowest BCUT2D eigenvalue weighted by Gasteiger charge is -2.16. The van der Waals surface area contributed by atoms with Crippen LogP contribution in [-0.2, 0) is 17.6 Å². The van der Waals surface area contributed by atoms with Crippen LogP contribution < -0.4 is 14.8 Å². The van der Waals surface area contributed by atoms with Crippen LogP contribution in [0.25, 0.3) is 0 Å². The Bertz CT molecular complexity index is 1250. The Morgan fingerprint density at radius 2 is 1.73 bits per heavy atom. The quantitative estimate of drug-likeness (QED) is 0.306. The van der Waals surface area contributed by atoms with Crippen LogP contribution in [0.2, 0.25) is 0 Å². The Morgan fingerprint density at radius 3 is 2.38 bits per heavy atom. The van der Waals surface area contributed by atoms with E-state index >= 15 is 0 Å². The van der Waals surface area contributed by atoms with E-state index in [1.165, 1.54) is 24.4 Å². The van der Waals surface area contributed by atoms with Gasteiger partial charge in [0.25, 0.3) is 5.91 Å². The van der Waals surface area contributed by atoms with Crippen LogP contribution in [0.5, 0.6) is 11.5 Å². The molecule has 12 heteroatoms. The van der Waals surface area contributed by atoms with Crippen molar-refractivity contribution < 1.29 is 41.8 Å². The van der Waals surface area contributed by atoms with Gasteiger partial charge in [0.2, 0.25) is 0 Å². The van der Waals surface area contributed by atoms with Crippen molar-refractivity contribution in [3.05, 3.63) is 102 Å². The van der Waals surface area contributed by atoms with Crippen molar-refractivity contribution in [2.45, 2.75) is 25.2 Å². The Balaban J connectivity index is 1.61. The smallest absolute Gasteiger partial charge is 0.422 e. The van der Waals surface area contributed by atoms with Crippen LogP contribution in [0.1, 0.15) is 21.6 Å². The first-order valence-electron chi connectivity index (χ1n) is 10.9. The molecule has 1 unspecified atom stereocenters. The summed E-state index contributed by atoms with van der Waals surface area (Å²) in [6.45, 7) is -1.42. The van der Waals surface area contributed by atoms with Crippen molar-refractivity contribution in [2.75, 3.05) is 6.61 Å². The molecule has 1 heterocycles. The van der Waals surface area contributed by atoms with Crippen molar-refractivity contribution in [1.82, 2.24) is 10.3 Å². The van der Waals surface area contributed by atoms with E-state index in [2.05, 4.69) is 10.3 Å². The maximum absolute atomic E-state index is 12.5. The minimum absolute atomic E-state index is 0.0106. The van der Waals surface area contributed by atoms with Gasteiger partial charge in [0.15, 0.2) is 6.61 Å². The van der Waals surface area contributed by atoms with E-state index in [0.29, 0.717) is 17.0 Å². The molecule has 2 aromatic carbocycles. The monoisotopic (exact) mass is 536 g/mol. The van der Waals surface area contributed by atoms with Gasteiger partial charge in [0.05, 0.1) is 11.7 Å². The van der Waals surface area contributed by atoms with Gasteiger partial charge in [-0.1, -0.05) is 36.4 Å². The first-order chi connectivity index (χ1) is 17.5. The average Bonchev–Trinajstić information content (AvgIpc) is 2.85. The molecule has 0 fully saturated rings. The van der Waals surface area contributed by atoms with Crippen LogP contribution >= 0.6 is 7.60 Å². The Morgan fingerprint density at radius 1 is 1.03 bits per heavy atom. The number of amides is 1. The van der Waals surface area contributed by atoms with Gasteiger partial charge < -0.3 is 24.6 Å². The molecule has 196 valence electrons. The number of carbonyl (C=O) groups excluding carboxylic acids is 1. The molecule has 0 saturated heterocycles. The van der Waals surface area contributed by atoms with Crippen molar-refractivity contribution >= 4 is 13.5 Å². The van der Waals surface area contributed by atoms with E-state index in [1.807, 2.05) is 0 Å². The molecular weight excluding hydrogens is 512 g/mol. The standard InChI is InChI=1S/C25H24F3N2O6P/c26-25(27,28)17-36-23-10-12-29-21(15-23)16-35-22-8-6-18(7-9-22)14-20(11-13-37(32,33)34)30-24(31)19-4-2-1-3-5-19/h1-13,15,20H,14,16-17H2,(H,30,31)(H2,32,33,34)/b13-11+. The maximum Gasteiger partial charge on any atom is 0.422 e. The van der Waals surface area contributed by atoms with E-state index in [1.54, 1.807) is 54.6 Å². The molecule has 1 atom stereocenters. The van der Waals surface area contributed by atoms with Crippen LogP contribution in [0.15, 0.2) is 84.8 Å². The van der Waals surface area contributed by atoms with Gasteiger partial charge in [0.1, 0.15) is 18.1 Å². The summed E-state index contributed by atoms with van der Waals surface area (Å²) in [5.41, 5.74) is 1.53. The normalized spacial score (nSPS) is 12.8. The van der Waals surface area contributed by atoms with Gasteiger partial charge in [0, 0.05) is 23.6 Å². The van der Waals surface area contributed by atoms with Gasteiger partial charge in [-0.05, 0) is 42.3 Å². The largest absolute Gasteiger partial charge is 0.487 e. The van der Waals surface area contributed by atoms with Crippen LogP contribution in [0.4, 0.5) is 13.2 Å². The molecule has 0 spiro atoms. The van der Waals surface area contributed by atoms with Gasteiger partial charge in [-0.2, -0.15) is 13.2 Å². The molecule has 37 heavy (non-hydrogen) atoms. The molecule has 3 aromatic rings. The fourth-order valence-corrected chi connectivity index (χ4v) is 3.58. The highest BCUT2D eigenvalue weighted by atomic mass is 31.2. The van der Waals surface area contributed by atoms with Gasteiger partial charge in [-0.25, -0.2) is 0 Å². The third kappa shape index (κ3) is 10.5. The summed E-state index contributed by atoms with van der Waals surface area (Å²) in [6.07, 6.45) is -1.62. The van der Waals surface area contributed by atoms with Crippen molar-refractivity contribution in [3.63, 3.8) is 0 Å². The molecule has 0 aliphatic rings. The SMILES string of the molecule is O=C(NC(/C=C/P(=O)(O)O)Cc1ccc(OCc2cc(OCC(F)(F)F)ccn2)cc1)c1ccccc1. The fourth-order valence-electron chi connectivity index (χ4n) is 3.15. The van der Waals surface area contributed by atoms with Crippen LogP contribution in [-0.4, -0.2) is 39.5 Å². The van der Waals surface area contributed by atoms with Crippen molar-refractivity contribution in [2.24, 2.45) is 0 Å². The van der Waals surface area contributed by atoms with E-state index in [4.69, 9.17) is 9.47 Å². The number of benzene rings is 2. The lowest BCUT2D eigenvalue weighted by molar-refractivity contribution is -0.153. The van der Waals surface area contributed by atoms with E-state index in [9.17, 15) is 32.3 Å². The van der Waals surface area contributed by atoms with E-state index < -0.39 is 32.3 Å². The lowest BCUT2D eigenvalue weighted by atomic mass is 10.1. The number of pyridine rings is 1. The zero-order chi connectivity index (χ0) is 26.9. The topological polar surface area (TPSA) is 118 Å². The second-order valence-electron chi connectivity index (χ2n) is 7.90.